The molecule has 1 saturated carbocycles. The summed E-state index contributed by atoms with van der Waals surface area (Å²) in [7, 11) is -3.35. The van der Waals surface area contributed by atoms with Crippen LogP contribution in [0.25, 0.3) is 0 Å². The van der Waals surface area contributed by atoms with E-state index < -0.39 is 10.0 Å². The molecule has 1 aliphatic rings. The first-order valence-electron chi connectivity index (χ1n) is 7.75. The molecule has 120 valence electrons. The monoisotopic (exact) mass is 330 g/mol. The zero-order chi connectivity index (χ0) is 15.5. The minimum atomic E-state index is -3.35. The van der Waals surface area contributed by atoms with Gasteiger partial charge in [-0.05, 0) is 43.2 Å². The number of rotatable bonds is 9. The van der Waals surface area contributed by atoms with Crippen LogP contribution in [0.3, 0.4) is 0 Å². The van der Waals surface area contributed by atoms with E-state index in [4.69, 9.17) is 0 Å². The van der Waals surface area contributed by atoms with Crippen LogP contribution < -0.4 is 5.32 Å². The zero-order valence-corrected chi connectivity index (χ0v) is 14.8. The molecule has 1 aliphatic carbocycles. The first-order valence-corrected chi connectivity index (χ1v) is 10.1. The van der Waals surface area contributed by atoms with E-state index >= 15 is 0 Å². The summed E-state index contributed by atoms with van der Waals surface area (Å²) in [4.78, 5) is 1.43. The Bertz CT molecular complexity index is 548. The third-order valence-corrected chi connectivity index (χ3v) is 6.79. The molecule has 1 N–H and O–H groups in total. The van der Waals surface area contributed by atoms with Crippen LogP contribution in [0.15, 0.2) is 16.3 Å². The highest BCUT2D eigenvalue weighted by atomic mass is 32.2. The minimum absolute atomic E-state index is 0.223. The summed E-state index contributed by atoms with van der Waals surface area (Å²) in [5, 5.41) is 5.11. The number of hydrogen-bond acceptors (Lipinski definition) is 4. The van der Waals surface area contributed by atoms with Crippen molar-refractivity contribution in [2.24, 2.45) is 5.92 Å². The molecule has 0 radical (unpaired) electrons. The van der Waals surface area contributed by atoms with E-state index in [0.717, 1.165) is 30.7 Å². The van der Waals surface area contributed by atoms with Gasteiger partial charge in [0.1, 0.15) is 0 Å². The third-order valence-electron chi connectivity index (χ3n) is 3.71. The van der Waals surface area contributed by atoms with Gasteiger partial charge in [-0.3, -0.25) is 0 Å². The maximum Gasteiger partial charge on any atom is 0.244 e. The molecule has 21 heavy (non-hydrogen) atoms. The van der Waals surface area contributed by atoms with Crippen LogP contribution in [0.4, 0.5) is 0 Å². The Labute approximate surface area is 132 Å². The Morgan fingerprint density at radius 3 is 2.71 bits per heavy atom. The molecule has 1 aromatic heterocycles. The van der Waals surface area contributed by atoms with E-state index in [1.807, 2.05) is 12.3 Å². The number of nitrogens with one attached hydrogen (secondary N) is 1. The molecule has 1 heterocycles. The van der Waals surface area contributed by atoms with Crippen LogP contribution in [0.5, 0.6) is 0 Å². The Morgan fingerprint density at radius 2 is 2.14 bits per heavy atom. The van der Waals surface area contributed by atoms with Gasteiger partial charge in [-0.15, -0.1) is 11.3 Å². The molecule has 0 aromatic carbocycles. The summed E-state index contributed by atoms with van der Waals surface area (Å²) in [6.07, 6.45) is 2.93. The van der Waals surface area contributed by atoms with Gasteiger partial charge >= 0.3 is 0 Å². The summed E-state index contributed by atoms with van der Waals surface area (Å²) in [6.45, 7) is 8.42. The largest absolute Gasteiger partial charge is 0.312 e. The van der Waals surface area contributed by atoms with Crippen molar-refractivity contribution in [2.75, 3.05) is 13.1 Å². The Morgan fingerprint density at radius 1 is 1.43 bits per heavy atom. The second-order valence-corrected chi connectivity index (χ2v) is 8.88. The Hall–Kier alpha value is -0.430. The van der Waals surface area contributed by atoms with Gasteiger partial charge < -0.3 is 5.32 Å². The minimum Gasteiger partial charge on any atom is -0.312 e. The Kier molecular flexibility index (Phi) is 5.82. The number of sulfonamides is 1. The van der Waals surface area contributed by atoms with Crippen molar-refractivity contribution in [3.05, 3.63) is 16.3 Å². The fourth-order valence-corrected chi connectivity index (χ4v) is 5.39. The van der Waals surface area contributed by atoms with Crippen molar-refractivity contribution in [3.63, 3.8) is 0 Å². The topological polar surface area (TPSA) is 49.4 Å². The second kappa shape index (κ2) is 7.22. The van der Waals surface area contributed by atoms with Gasteiger partial charge in [0.15, 0.2) is 0 Å². The van der Waals surface area contributed by atoms with E-state index in [1.165, 1.54) is 11.3 Å². The lowest BCUT2D eigenvalue weighted by Gasteiger charge is -2.23. The lowest BCUT2D eigenvalue weighted by Crippen LogP contribution is -2.35. The summed E-state index contributed by atoms with van der Waals surface area (Å²) in [5.41, 5.74) is 0. The van der Waals surface area contributed by atoms with Gasteiger partial charge in [0, 0.05) is 24.0 Å². The van der Waals surface area contributed by atoms with E-state index in [-0.39, 0.29) is 6.04 Å². The highest BCUT2D eigenvalue weighted by Gasteiger charge is 2.38. The van der Waals surface area contributed by atoms with Gasteiger partial charge in [-0.25, -0.2) is 8.42 Å². The molecular weight excluding hydrogens is 304 g/mol. The smallest absolute Gasteiger partial charge is 0.244 e. The van der Waals surface area contributed by atoms with Gasteiger partial charge in [-0.1, -0.05) is 20.8 Å². The first kappa shape index (κ1) is 16.9. The van der Waals surface area contributed by atoms with Crippen molar-refractivity contribution in [1.29, 1.82) is 0 Å². The zero-order valence-electron chi connectivity index (χ0n) is 13.1. The molecule has 0 bridgehead atoms. The quantitative estimate of drug-likeness (QED) is 0.757. The van der Waals surface area contributed by atoms with Crippen molar-refractivity contribution in [2.45, 2.75) is 57.5 Å². The summed E-state index contributed by atoms with van der Waals surface area (Å²) in [6, 6.07) is 1.98. The van der Waals surface area contributed by atoms with E-state index in [2.05, 4.69) is 19.2 Å². The molecule has 0 saturated heterocycles. The maximum absolute atomic E-state index is 13.0. The molecule has 0 amide bonds. The number of thiophene rings is 1. The molecule has 0 spiro atoms. The van der Waals surface area contributed by atoms with Gasteiger partial charge in [0.05, 0.1) is 4.90 Å². The second-order valence-electron chi connectivity index (χ2n) is 6.02. The average Bonchev–Trinajstić information content (AvgIpc) is 3.12. The highest BCUT2D eigenvalue weighted by molar-refractivity contribution is 7.89. The third kappa shape index (κ3) is 4.28. The Balaban J connectivity index is 2.20. The van der Waals surface area contributed by atoms with E-state index in [9.17, 15) is 8.42 Å². The summed E-state index contributed by atoms with van der Waals surface area (Å²) < 4.78 is 27.7. The molecule has 0 aliphatic heterocycles. The molecule has 2 rings (SSSR count). The molecular formula is C15H26N2O2S2. The first-order chi connectivity index (χ1) is 9.96. The fourth-order valence-electron chi connectivity index (χ4n) is 2.30. The fraction of sp³-hybridized carbons (Fsp3) is 0.733. The molecule has 0 unspecified atom stereocenters. The van der Waals surface area contributed by atoms with E-state index in [1.54, 1.807) is 10.4 Å². The van der Waals surface area contributed by atoms with Crippen molar-refractivity contribution < 1.29 is 8.42 Å². The van der Waals surface area contributed by atoms with Crippen LogP contribution in [0.2, 0.25) is 0 Å². The standard InChI is InChI=1S/C15H26N2O2S2/c1-4-16-11-14-15(8-10-20-14)21(18,19)17(13-5-6-13)9-7-12(2)3/h8,10,12-13,16H,4-7,9,11H2,1-3H3. The highest BCUT2D eigenvalue weighted by Crippen LogP contribution is 2.34. The van der Waals surface area contributed by atoms with Gasteiger partial charge in [0.2, 0.25) is 10.0 Å². The lowest BCUT2D eigenvalue weighted by atomic mass is 10.1. The van der Waals surface area contributed by atoms with E-state index in [0.29, 0.717) is 23.9 Å². The molecule has 0 atom stereocenters. The van der Waals surface area contributed by atoms with Crippen LogP contribution in [-0.4, -0.2) is 31.9 Å². The lowest BCUT2D eigenvalue weighted by molar-refractivity contribution is 0.373. The predicted molar refractivity (Wildman–Crippen MR) is 88.1 cm³/mol. The van der Waals surface area contributed by atoms with Gasteiger partial charge in [0.25, 0.3) is 0 Å². The summed E-state index contributed by atoms with van der Waals surface area (Å²) >= 11 is 1.52. The molecule has 1 aromatic rings. The maximum atomic E-state index is 13.0. The van der Waals surface area contributed by atoms with Gasteiger partial charge in [-0.2, -0.15) is 4.31 Å². The van der Waals surface area contributed by atoms with Crippen molar-refractivity contribution in [1.82, 2.24) is 9.62 Å². The SMILES string of the molecule is CCNCc1sccc1S(=O)(=O)N(CCC(C)C)C1CC1. The number of nitrogens with zero attached hydrogens (tertiary/aromatic N) is 1. The number of hydrogen-bond donors (Lipinski definition) is 1. The molecule has 6 heteroatoms. The molecule has 4 nitrogen and oxygen atoms in total. The van der Waals surface area contributed by atoms with Crippen LogP contribution in [0, 0.1) is 5.92 Å². The molecule has 1 fully saturated rings. The summed E-state index contributed by atoms with van der Waals surface area (Å²) in [5.74, 6) is 0.519. The van der Waals surface area contributed by atoms with Crippen LogP contribution in [-0.2, 0) is 16.6 Å². The van der Waals surface area contributed by atoms with Crippen molar-refractivity contribution >= 4 is 21.4 Å². The van der Waals surface area contributed by atoms with Crippen LogP contribution >= 0.6 is 11.3 Å². The van der Waals surface area contributed by atoms with Crippen molar-refractivity contribution in [3.8, 4) is 0 Å². The van der Waals surface area contributed by atoms with Crippen LogP contribution in [0.1, 0.15) is 44.9 Å². The predicted octanol–water partition coefficient (Wildman–Crippen LogP) is 3.06. The average molecular weight is 331 g/mol. The normalized spacial score (nSPS) is 16.0.